The fourth-order valence-corrected chi connectivity index (χ4v) is 3.36. The molecule has 1 unspecified atom stereocenters. The minimum Gasteiger partial charge on any atom is -0.294 e. The minimum absolute atomic E-state index is 0.0858. The molecule has 0 spiro atoms. The molecule has 1 atom stereocenters. The number of ketones is 1. The van der Waals surface area contributed by atoms with Crippen molar-refractivity contribution in [2.45, 2.75) is 37.0 Å². The van der Waals surface area contributed by atoms with Crippen molar-refractivity contribution >= 4 is 17.5 Å². The molecule has 3 nitrogen and oxygen atoms in total. The van der Waals surface area contributed by atoms with Crippen molar-refractivity contribution in [3.8, 4) is 12.1 Å². The van der Waals surface area contributed by atoms with E-state index in [4.69, 9.17) is 10.5 Å². The minimum atomic E-state index is -0.0858. The normalized spacial score (nSPS) is 15.0. The standard InChI is InChI=1S/C16H16N2OS/c17-8-2-3-12(10-18)11-20-14-6-7-15-13(9-14)4-1-5-16(15)19/h6-7,9,12H,1-5,11H2. The van der Waals surface area contributed by atoms with E-state index in [9.17, 15) is 4.79 Å². The van der Waals surface area contributed by atoms with Crippen LogP contribution in [-0.2, 0) is 6.42 Å². The lowest BCUT2D eigenvalue weighted by Gasteiger charge is -2.15. The second kappa shape index (κ2) is 7.12. The number of nitrogens with zero attached hydrogens (tertiary/aromatic N) is 2. The predicted molar refractivity (Wildman–Crippen MR) is 78.4 cm³/mol. The lowest BCUT2D eigenvalue weighted by Crippen LogP contribution is -2.10. The number of rotatable bonds is 5. The van der Waals surface area contributed by atoms with E-state index >= 15 is 0 Å². The number of hydrogen-bond donors (Lipinski definition) is 0. The van der Waals surface area contributed by atoms with E-state index in [-0.39, 0.29) is 11.7 Å². The van der Waals surface area contributed by atoms with E-state index in [1.165, 1.54) is 0 Å². The highest BCUT2D eigenvalue weighted by molar-refractivity contribution is 7.99. The summed E-state index contributed by atoms with van der Waals surface area (Å²) in [5, 5.41) is 17.6. The highest BCUT2D eigenvalue weighted by atomic mass is 32.2. The molecule has 102 valence electrons. The lowest BCUT2D eigenvalue weighted by molar-refractivity contribution is 0.0972. The molecule has 20 heavy (non-hydrogen) atoms. The zero-order chi connectivity index (χ0) is 14.4. The van der Waals surface area contributed by atoms with Crippen LogP contribution >= 0.6 is 11.8 Å². The van der Waals surface area contributed by atoms with Crippen molar-refractivity contribution < 1.29 is 4.79 Å². The number of thioether (sulfide) groups is 1. The zero-order valence-electron chi connectivity index (χ0n) is 11.3. The summed E-state index contributed by atoms with van der Waals surface area (Å²) in [4.78, 5) is 12.9. The van der Waals surface area contributed by atoms with Gasteiger partial charge in [-0.05, 0) is 37.0 Å². The number of hydrogen-bond acceptors (Lipinski definition) is 4. The van der Waals surface area contributed by atoms with Crippen molar-refractivity contribution in [3.63, 3.8) is 0 Å². The van der Waals surface area contributed by atoms with Gasteiger partial charge in [-0.25, -0.2) is 0 Å². The molecule has 0 heterocycles. The first kappa shape index (κ1) is 14.6. The molecule has 0 saturated carbocycles. The first-order chi connectivity index (χ1) is 9.74. The number of benzene rings is 1. The van der Waals surface area contributed by atoms with Gasteiger partial charge in [0.2, 0.25) is 0 Å². The summed E-state index contributed by atoms with van der Waals surface area (Å²) in [7, 11) is 0. The Morgan fingerprint density at radius 3 is 2.90 bits per heavy atom. The maximum Gasteiger partial charge on any atom is 0.163 e. The third-order valence-corrected chi connectivity index (χ3v) is 4.62. The van der Waals surface area contributed by atoms with Crippen LogP contribution in [-0.4, -0.2) is 11.5 Å². The summed E-state index contributed by atoms with van der Waals surface area (Å²) < 4.78 is 0. The van der Waals surface area contributed by atoms with Crippen LogP contribution in [0, 0.1) is 28.6 Å². The van der Waals surface area contributed by atoms with Gasteiger partial charge in [0.05, 0.1) is 18.1 Å². The Bertz CT molecular complexity index is 583. The molecule has 1 aliphatic carbocycles. The van der Waals surface area contributed by atoms with Gasteiger partial charge in [0.15, 0.2) is 5.78 Å². The number of nitriles is 2. The molecule has 4 heteroatoms. The van der Waals surface area contributed by atoms with Crippen LogP contribution in [0.2, 0.25) is 0 Å². The average molecular weight is 284 g/mol. The van der Waals surface area contributed by atoms with Gasteiger partial charge < -0.3 is 0 Å². The average Bonchev–Trinajstić information content (AvgIpc) is 2.47. The van der Waals surface area contributed by atoms with Crippen molar-refractivity contribution in [1.82, 2.24) is 0 Å². The molecule has 0 aromatic heterocycles. The van der Waals surface area contributed by atoms with E-state index in [0.29, 0.717) is 25.0 Å². The number of fused-ring (bicyclic) bond motifs is 1. The second-order valence-corrected chi connectivity index (χ2v) is 6.02. The molecule has 1 aliphatic rings. The Morgan fingerprint density at radius 2 is 2.15 bits per heavy atom. The number of carbonyl (C=O) groups is 1. The Morgan fingerprint density at radius 1 is 1.30 bits per heavy atom. The molecule has 0 amide bonds. The molecule has 0 bridgehead atoms. The summed E-state index contributed by atoms with van der Waals surface area (Å²) in [6.45, 7) is 0. The molecule has 0 fully saturated rings. The van der Waals surface area contributed by atoms with Gasteiger partial charge >= 0.3 is 0 Å². The molecule has 0 saturated heterocycles. The van der Waals surface area contributed by atoms with Gasteiger partial charge in [-0.15, -0.1) is 11.8 Å². The number of carbonyl (C=O) groups excluding carboxylic acids is 1. The van der Waals surface area contributed by atoms with Gasteiger partial charge in [0.25, 0.3) is 0 Å². The first-order valence-corrected chi connectivity index (χ1v) is 7.78. The number of Topliss-reactive ketones (excluding diaryl/α,β-unsaturated/α-hetero) is 1. The Balaban J connectivity index is 1.99. The van der Waals surface area contributed by atoms with Crippen LogP contribution in [0.25, 0.3) is 0 Å². The van der Waals surface area contributed by atoms with Gasteiger partial charge in [-0.3, -0.25) is 4.79 Å². The van der Waals surface area contributed by atoms with Crippen LogP contribution in [0.3, 0.4) is 0 Å². The molecule has 1 aromatic rings. The molecular weight excluding hydrogens is 268 g/mol. The highest BCUT2D eigenvalue weighted by Gasteiger charge is 2.17. The molecule has 0 N–H and O–H groups in total. The van der Waals surface area contributed by atoms with Crippen molar-refractivity contribution in [1.29, 1.82) is 10.5 Å². The van der Waals surface area contributed by atoms with Crippen LogP contribution < -0.4 is 0 Å². The molecule has 1 aromatic carbocycles. The maximum absolute atomic E-state index is 11.7. The van der Waals surface area contributed by atoms with E-state index in [2.05, 4.69) is 18.2 Å². The Kier molecular flexibility index (Phi) is 5.21. The van der Waals surface area contributed by atoms with E-state index in [1.807, 2.05) is 12.1 Å². The Hall–Kier alpha value is -1.78. The fourth-order valence-electron chi connectivity index (χ4n) is 2.33. The van der Waals surface area contributed by atoms with E-state index < -0.39 is 0 Å². The Labute approximate surface area is 123 Å². The molecular formula is C16H16N2OS. The summed E-state index contributed by atoms with van der Waals surface area (Å²) in [6, 6.07) is 10.3. The molecule has 0 radical (unpaired) electrons. The second-order valence-electron chi connectivity index (χ2n) is 4.93. The molecule has 2 rings (SSSR count). The van der Waals surface area contributed by atoms with Gasteiger partial charge in [-0.1, -0.05) is 6.07 Å². The van der Waals surface area contributed by atoms with Crippen LogP contribution in [0.1, 0.15) is 41.6 Å². The third-order valence-electron chi connectivity index (χ3n) is 3.47. The fraction of sp³-hybridized carbons (Fsp3) is 0.438. The van der Waals surface area contributed by atoms with Crippen LogP contribution in [0.5, 0.6) is 0 Å². The van der Waals surface area contributed by atoms with Gasteiger partial charge in [0.1, 0.15) is 0 Å². The maximum atomic E-state index is 11.7. The lowest BCUT2D eigenvalue weighted by atomic mass is 9.91. The van der Waals surface area contributed by atoms with Crippen LogP contribution in [0.15, 0.2) is 23.1 Å². The third kappa shape index (κ3) is 3.62. The largest absolute Gasteiger partial charge is 0.294 e. The SMILES string of the molecule is N#CCCC(C#N)CSc1ccc2c(c1)CCCC2=O. The predicted octanol–water partition coefficient (Wildman–Crippen LogP) is 3.74. The topological polar surface area (TPSA) is 64.7 Å². The van der Waals surface area contributed by atoms with E-state index in [1.54, 1.807) is 11.8 Å². The molecule has 0 aliphatic heterocycles. The van der Waals surface area contributed by atoms with Crippen molar-refractivity contribution in [2.75, 3.05) is 5.75 Å². The zero-order valence-corrected chi connectivity index (χ0v) is 12.1. The summed E-state index contributed by atoms with van der Waals surface area (Å²) in [5.74, 6) is 0.856. The van der Waals surface area contributed by atoms with Crippen LogP contribution in [0.4, 0.5) is 0 Å². The van der Waals surface area contributed by atoms with Crippen molar-refractivity contribution in [3.05, 3.63) is 29.3 Å². The first-order valence-electron chi connectivity index (χ1n) is 6.80. The monoisotopic (exact) mass is 284 g/mol. The number of aryl methyl sites for hydroxylation is 1. The highest BCUT2D eigenvalue weighted by Crippen LogP contribution is 2.28. The van der Waals surface area contributed by atoms with Gasteiger partial charge in [0, 0.05) is 29.1 Å². The van der Waals surface area contributed by atoms with Crippen molar-refractivity contribution in [2.24, 2.45) is 5.92 Å². The summed E-state index contributed by atoms with van der Waals surface area (Å²) in [5.41, 5.74) is 2.00. The summed E-state index contributed by atoms with van der Waals surface area (Å²) in [6.07, 6.45) is 3.61. The smallest absolute Gasteiger partial charge is 0.163 e. The van der Waals surface area contributed by atoms with E-state index in [0.717, 1.165) is 28.9 Å². The quantitative estimate of drug-likeness (QED) is 0.772. The summed E-state index contributed by atoms with van der Waals surface area (Å²) >= 11 is 1.63. The van der Waals surface area contributed by atoms with Gasteiger partial charge in [-0.2, -0.15) is 10.5 Å².